The third-order valence-electron chi connectivity index (χ3n) is 1.52. The third-order valence-corrected chi connectivity index (χ3v) is 4.04. The van der Waals surface area contributed by atoms with Gasteiger partial charge in [0.25, 0.3) is 0 Å². The second kappa shape index (κ2) is 5.81. The molecule has 0 saturated carbocycles. The van der Waals surface area contributed by atoms with E-state index < -0.39 is 12.1 Å². The number of ether oxygens (including phenoxy) is 1. The molecule has 0 aliphatic rings. The summed E-state index contributed by atoms with van der Waals surface area (Å²) in [6, 6.07) is 1.60. The molecule has 0 aromatic carbocycles. The van der Waals surface area contributed by atoms with E-state index in [-0.39, 0.29) is 13.2 Å². The zero-order valence-electron chi connectivity index (χ0n) is 7.44. The molecule has 2 N–H and O–H groups in total. The Labute approximate surface area is 104 Å². The number of hydrogen-bond acceptors (Lipinski definition) is 4. The van der Waals surface area contributed by atoms with Crippen molar-refractivity contribution in [1.82, 2.24) is 0 Å². The Morgan fingerprint density at radius 2 is 2.40 bits per heavy atom. The molecule has 0 aliphatic heterocycles. The highest BCUT2D eigenvalue weighted by Crippen LogP contribution is 2.36. The van der Waals surface area contributed by atoms with Gasteiger partial charge in [-0.25, -0.2) is 4.79 Å². The first-order valence-electron chi connectivity index (χ1n) is 3.96. The fraction of sp³-hybridized carbons (Fsp3) is 0.375. The SMILES string of the molecule is O=C(O)C(OCCO)c1cc(Br)c(Cl)s1. The van der Waals surface area contributed by atoms with Gasteiger partial charge in [-0.2, -0.15) is 0 Å². The highest BCUT2D eigenvalue weighted by Gasteiger charge is 2.23. The maximum Gasteiger partial charge on any atom is 0.338 e. The molecule has 84 valence electrons. The molecule has 0 bridgehead atoms. The van der Waals surface area contributed by atoms with Crippen LogP contribution in [-0.2, 0) is 9.53 Å². The Bertz CT molecular complexity index is 335. The lowest BCUT2D eigenvalue weighted by Crippen LogP contribution is -2.16. The predicted octanol–water partition coefficient (Wildman–Crippen LogP) is 2.30. The third kappa shape index (κ3) is 3.42. The Balaban J connectivity index is 2.84. The zero-order chi connectivity index (χ0) is 11.4. The quantitative estimate of drug-likeness (QED) is 0.875. The molecule has 7 heteroatoms. The minimum atomic E-state index is -1.10. The molecule has 0 spiro atoms. The van der Waals surface area contributed by atoms with Crippen molar-refractivity contribution >= 4 is 44.8 Å². The zero-order valence-corrected chi connectivity index (χ0v) is 10.6. The molecule has 0 saturated heterocycles. The molecule has 0 amide bonds. The summed E-state index contributed by atoms with van der Waals surface area (Å²) in [7, 11) is 0. The van der Waals surface area contributed by atoms with Gasteiger partial charge in [-0.15, -0.1) is 11.3 Å². The first-order chi connectivity index (χ1) is 7.06. The average molecular weight is 316 g/mol. The van der Waals surface area contributed by atoms with Crippen LogP contribution in [0.15, 0.2) is 10.5 Å². The van der Waals surface area contributed by atoms with E-state index in [4.69, 9.17) is 26.6 Å². The van der Waals surface area contributed by atoms with Crippen molar-refractivity contribution in [2.24, 2.45) is 0 Å². The summed E-state index contributed by atoms with van der Waals surface area (Å²) in [6.45, 7) is -0.242. The summed E-state index contributed by atoms with van der Waals surface area (Å²) in [4.78, 5) is 11.4. The highest BCUT2D eigenvalue weighted by molar-refractivity contribution is 9.10. The van der Waals surface area contributed by atoms with Crippen molar-refractivity contribution in [3.63, 3.8) is 0 Å². The van der Waals surface area contributed by atoms with Gasteiger partial charge in [0.05, 0.1) is 13.2 Å². The van der Waals surface area contributed by atoms with Crippen LogP contribution in [-0.4, -0.2) is 29.4 Å². The van der Waals surface area contributed by atoms with Crippen LogP contribution in [0.2, 0.25) is 4.34 Å². The second-order valence-electron chi connectivity index (χ2n) is 2.58. The standard InChI is InChI=1S/C8H8BrClO4S/c9-4-3-5(15-7(4)10)6(8(12)13)14-2-1-11/h3,6,11H,1-2H2,(H,12,13). The number of carboxylic acid groups (broad SMARTS) is 1. The first-order valence-corrected chi connectivity index (χ1v) is 5.95. The maximum absolute atomic E-state index is 10.9. The van der Waals surface area contributed by atoms with Crippen molar-refractivity contribution < 1.29 is 19.7 Å². The topological polar surface area (TPSA) is 66.8 Å². The van der Waals surface area contributed by atoms with Gasteiger partial charge in [-0.05, 0) is 22.0 Å². The molecule has 1 aromatic heterocycles. The Morgan fingerprint density at radius 1 is 1.73 bits per heavy atom. The smallest absolute Gasteiger partial charge is 0.338 e. The van der Waals surface area contributed by atoms with E-state index in [9.17, 15) is 4.79 Å². The summed E-state index contributed by atoms with van der Waals surface area (Å²) in [5.41, 5.74) is 0. The number of aliphatic hydroxyl groups excluding tert-OH is 1. The first kappa shape index (κ1) is 12.9. The molecule has 0 aliphatic carbocycles. The molecule has 0 fully saturated rings. The number of thiophene rings is 1. The van der Waals surface area contributed by atoms with Crippen molar-refractivity contribution in [3.8, 4) is 0 Å². The minimum Gasteiger partial charge on any atom is -0.479 e. The molecule has 1 aromatic rings. The number of carboxylic acids is 1. The fourth-order valence-electron chi connectivity index (χ4n) is 0.938. The number of aliphatic carboxylic acids is 1. The number of rotatable bonds is 5. The summed E-state index contributed by atoms with van der Waals surface area (Å²) in [5, 5.41) is 17.4. The molecule has 1 heterocycles. The lowest BCUT2D eigenvalue weighted by molar-refractivity contribution is -0.151. The van der Waals surface area contributed by atoms with E-state index in [1.807, 2.05) is 0 Å². The van der Waals surface area contributed by atoms with Crippen LogP contribution in [0.4, 0.5) is 0 Å². The molecular weight excluding hydrogens is 308 g/mol. The normalized spacial score (nSPS) is 12.7. The summed E-state index contributed by atoms with van der Waals surface area (Å²) in [5.74, 6) is -1.10. The maximum atomic E-state index is 10.9. The highest BCUT2D eigenvalue weighted by atomic mass is 79.9. The largest absolute Gasteiger partial charge is 0.479 e. The van der Waals surface area contributed by atoms with Gasteiger partial charge in [0.15, 0.2) is 6.10 Å². The van der Waals surface area contributed by atoms with Crippen LogP contribution >= 0.6 is 38.9 Å². The molecule has 1 unspecified atom stereocenters. The summed E-state index contributed by atoms with van der Waals surface area (Å²) in [6.07, 6.45) is -1.08. The van der Waals surface area contributed by atoms with Crippen LogP contribution in [0.3, 0.4) is 0 Å². The van der Waals surface area contributed by atoms with Gasteiger partial charge >= 0.3 is 5.97 Å². The molecule has 15 heavy (non-hydrogen) atoms. The Morgan fingerprint density at radius 3 is 2.80 bits per heavy atom. The van der Waals surface area contributed by atoms with Crippen molar-refractivity contribution in [3.05, 3.63) is 19.8 Å². The molecular formula is C8H8BrClO4S. The van der Waals surface area contributed by atoms with Gasteiger partial charge in [0.2, 0.25) is 0 Å². The van der Waals surface area contributed by atoms with E-state index in [0.717, 1.165) is 11.3 Å². The Hall–Kier alpha value is -0.140. The van der Waals surface area contributed by atoms with E-state index in [1.165, 1.54) is 0 Å². The van der Waals surface area contributed by atoms with Crippen molar-refractivity contribution in [2.45, 2.75) is 6.10 Å². The van der Waals surface area contributed by atoms with E-state index >= 15 is 0 Å². The molecule has 0 radical (unpaired) electrons. The fourth-order valence-corrected chi connectivity index (χ4v) is 2.72. The number of carbonyl (C=O) groups is 1. The monoisotopic (exact) mass is 314 g/mol. The average Bonchev–Trinajstić information content (AvgIpc) is 2.47. The van der Waals surface area contributed by atoms with Gasteiger partial charge in [0.1, 0.15) is 4.34 Å². The molecule has 4 nitrogen and oxygen atoms in total. The van der Waals surface area contributed by atoms with E-state index in [2.05, 4.69) is 15.9 Å². The van der Waals surface area contributed by atoms with Gasteiger partial charge in [-0.1, -0.05) is 11.6 Å². The summed E-state index contributed by atoms with van der Waals surface area (Å²) < 4.78 is 6.11. The van der Waals surface area contributed by atoms with Crippen molar-refractivity contribution in [2.75, 3.05) is 13.2 Å². The number of halogens is 2. The van der Waals surface area contributed by atoms with Crippen LogP contribution < -0.4 is 0 Å². The lowest BCUT2D eigenvalue weighted by atomic mass is 10.3. The number of hydrogen-bond donors (Lipinski definition) is 2. The van der Waals surface area contributed by atoms with E-state index in [0.29, 0.717) is 13.7 Å². The van der Waals surface area contributed by atoms with E-state index in [1.54, 1.807) is 6.07 Å². The van der Waals surface area contributed by atoms with Crippen molar-refractivity contribution in [1.29, 1.82) is 0 Å². The summed E-state index contributed by atoms with van der Waals surface area (Å²) >= 11 is 10.1. The van der Waals surface area contributed by atoms with Crippen LogP contribution in [0, 0.1) is 0 Å². The number of aliphatic hydroxyl groups is 1. The second-order valence-corrected chi connectivity index (χ2v) is 5.12. The van der Waals surface area contributed by atoms with Crippen LogP contribution in [0.1, 0.15) is 11.0 Å². The van der Waals surface area contributed by atoms with Gasteiger partial charge in [-0.3, -0.25) is 0 Å². The van der Waals surface area contributed by atoms with Crippen LogP contribution in [0.5, 0.6) is 0 Å². The van der Waals surface area contributed by atoms with Gasteiger partial charge in [0, 0.05) is 9.35 Å². The minimum absolute atomic E-state index is 0.0237. The lowest BCUT2D eigenvalue weighted by Gasteiger charge is -2.10. The molecule has 1 rings (SSSR count). The van der Waals surface area contributed by atoms with Crippen LogP contribution in [0.25, 0.3) is 0 Å². The molecule has 1 atom stereocenters. The predicted molar refractivity (Wildman–Crippen MR) is 60.4 cm³/mol. The van der Waals surface area contributed by atoms with Gasteiger partial charge < -0.3 is 14.9 Å². The Kier molecular flexibility index (Phi) is 5.01.